The largest absolute Gasteiger partial charge is 0.481 e. The summed E-state index contributed by atoms with van der Waals surface area (Å²) in [6.45, 7) is 0. The first kappa shape index (κ1) is 13.7. The molecule has 0 aliphatic rings. The molecule has 0 radical (unpaired) electrons. The molecule has 19 heavy (non-hydrogen) atoms. The third-order valence-electron chi connectivity index (χ3n) is 2.82. The number of carboxylic acids is 1. The number of aliphatic carboxylic acids is 1. The zero-order chi connectivity index (χ0) is 13.9. The Kier molecular flexibility index (Phi) is 3.97. The van der Waals surface area contributed by atoms with Crippen molar-refractivity contribution in [1.82, 2.24) is 4.98 Å². The Labute approximate surface area is 118 Å². The van der Waals surface area contributed by atoms with E-state index in [-0.39, 0.29) is 0 Å². The van der Waals surface area contributed by atoms with Crippen LogP contribution in [-0.2, 0) is 10.4 Å². The minimum atomic E-state index is -1.63. The van der Waals surface area contributed by atoms with Gasteiger partial charge in [-0.15, -0.1) is 0 Å². The molecule has 0 aliphatic carbocycles. The average molecular weight is 322 g/mol. The second-order valence-electron chi connectivity index (χ2n) is 4.15. The van der Waals surface area contributed by atoms with E-state index in [0.29, 0.717) is 11.3 Å². The highest BCUT2D eigenvalue weighted by atomic mass is 79.9. The molecule has 0 saturated heterocycles. The predicted molar refractivity (Wildman–Crippen MR) is 73.6 cm³/mol. The molecule has 0 fully saturated rings. The molecule has 2 N–H and O–H groups in total. The highest BCUT2D eigenvalue weighted by Gasteiger charge is 2.35. The predicted octanol–water partition coefficient (Wildman–Crippen LogP) is 2.55. The SMILES string of the molecule is O=C(O)C[C@@](O)(c1ccc(Br)cc1)c1ccccn1. The first-order valence-corrected chi connectivity index (χ1v) is 6.43. The highest BCUT2D eigenvalue weighted by molar-refractivity contribution is 9.10. The van der Waals surface area contributed by atoms with E-state index in [4.69, 9.17) is 5.11 Å². The zero-order valence-electron chi connectivity index (χ0n) is 9.95. The molecule has 2 aromatic rings. The van der Waals surface area contributed by atoms with E-state index in [2.05, 4.69) is 20.9 Å². The van der Waals surface area contributed by atoms with Crippen molar-refractivity contribution < 1.29 is 15.0 Å². The molecule has 1 atom stereocenters. The molecule has 98 valence electrons. The summed E-state index contributed by atoms with van der Waals surface area (Å²) in [5.41, 5.74) is -0.815. The van der Waals surface area contributed by atoms with Gasteiger partial charge in [-0.1, -0.05) is 34.1 Å². The van der Waals surface area contributed by atoms with Crippen molar-refractivity contribution in [2.24, 2.45) is 0 Å². The van der Waals surface area contributed by atoms with Gasteiger partial charge >= 0.3 is 5.97 Å². The van der Waals surface area contributed by atoms with Crippen LogP contribution < -0.4 is 0 Å². The molecule has 1 aromatic heterocycles. The summed E-state index contributed by atoms with van der Waals surface area (Å²) in [4.78, 5) is 15.1. The lowest BCUT2D eigenvalue weighted by atomic mass is 9.87. The summed E-state index contributed by atoms with van der Waals surface area (Å²) >= 11 is 3.31. The molecule has 2 rings (SSSR count). The number of benzene rings is 1. The van der Waals surface area contributed by atoms with Crippen LogP contribution in [0, 0.1) is 0 Å². The van der Waals surface area contributed by atoms with Gasteiger partial charge in [0.25, 0.3) is 0 Å². The molecule has 0 unspecified atom stereocenters. The number of hydrogen-bond acceptors (Lipinski definition) is 3. The van der Waals surface area contributed by atoms with Crippen LogP contribution in [0.1, 0.15) is 17.7 Å². The Morgan fingerprint density at radius 3 is 2.42 bits per heavy atom. The number of pyridine rings is 1. The van der Waals surface area contributed by atoms with Gasteiger partial charge in [-0.25, -0.2) is 0 Å². The lowest BCUT2D eigenvalue weighted by Crippen LogP contribution is -2.31. The maximum atomic E-state index is 11.0. The minimum Gasteiger partial charge on any atom is -0.481 e. The molecule has 0 saturated carbocycles. The van der Waals surface area contributed by atoms with Crippen LogP contribution >= 0.6 is 15.9 Å². The zero-order valence-corrected chi connectivity index (χ0v) is 11.5. The maximum absolute atomic E-state index is 11.0. The topological polar surface area (TPSA) is 70.4 Å². The second kappa shape index (κ2) is 5.50. The Morgan fingerprint density at radius 1 is 1.21 bits per heavy atom. The number of rotatable bonds is 4. The van der Waals surface area contributed by atoms with Gasteiger partial charge in [-0.2, -0.15) is 0 Å². The summed E-state index contributed by atoms with van der Waals surface area (Å²) in [6, 6.07) is 11.9. The van der Waals surface area contributed by atoms with Gasteiger partial charge < -0.3 is 10.2 Å². The van der Waals surface area contributed by atoms with E-state index < -0.39 is 18.0 Å². The number of halogens is 1. The summed E-state index contributed by atoms with van der Waals surface area (Å²) in [6.07, 6.45) is 1.09. The van der Waals surface area contributed by atoms with E-state index in [1.54, 1.807) is 42.5 Å². The average Bonchev–Trinajstić information content (AvgIpc) is 2.39. The van der Waals surface area contributed by atoms with Gasteiger partial charge in [-0.3, -0.25) is 9.78 Å². The van der Waals surface area contributed by atoms with Crippen LogP contribution in [0.25, 0.3) is 0 Å². The normalized spacial score (nSPS) is 13.8. The van der Waals surface area contributed by atoms with E-state index >= 15 is 0 Å². The van der Waals surface area contributed by atoms with E-state index in [0.717, 1.165) is 4.47 Å². The summed E-state index contributed by atoms with van der Waals surface area (Å²) in [5, 5.41) is 19.8. The van der Waals surface area contributed by atoms with E-state index in [9.17, 15) is 9.90 Å². The Morgan fingerprint density at radius 2 is 1.89 bits per heavy atom. The van der Waals surface area contributed by atoms with Crippen LogP contribution in [0.3, 0.4) is 0 Å². The highest BCUT2D eigenvalue weighted by Crippen LogP contribution is 2.32. The van der Waals surface area contributed by atoms with Gasteiger partial charge in [0.15, 0.2) is 0 Å². The first-order valence-electron chi connectivity index (χ1n) is 5.64. The fraction of sp³-hybridized carbons (Fsp3) is 0.143. The lowest BCUT2D eigenvalue weighted by molar-refractivity contribution is -0.141. The van der Waals surface area contributed by atoms with Crippen LogP contribution in [0.15, 0.2) is 53.1 Å². The van der Waals surface area contributed by atoms with Crippen LogP contribution in [0.2, 0.25) is 0 Å². The number of carbonyl (C=O) groups is 1. The molecular weight excluding hydrogens is 310 g/mol. The maximum Gasteiger partial charge on any atom is 0.307 e. The quantitative estimate of drug-likeness (QED) is 0.907. The van der Waals surface area contributed by atoms with Gasteiger partial charge in [0, 0.05) is 10.7 Å². The van der Waals surface area contributed by atoms with E-state index in [1.807, 2.05) is 0 Å². The van der Waals surface area contributed by atoms with Gasteiger partial charge in [0.2, 0.25) is 0 Å². The van der Waals surface area contributed by atoms with Gasteiger partial charge in [-0.05, 0) is 29.8 Å². The number of carboxylic acid groups (broad SMARTS) is 1. The molecular formula is C14H12BrNO3. The third-order valence-corrected chi connectivity index (χ3v) is 3.35. The molecule has 1 aromatic carbocycles. The standard InChI is InChI=1S/C14H12BrNO3/c15-11-6-4-10(5-7-11)14(19,9-13(17)18)12-3-1-2-8-16-12/h1-8,19H,9H2,(H,17,18)/t14-/m1/s1. The Balaban J connectivity index is 2.51. The van der Waals surface area contributed by atoms with Crippen molar-refractivity contribution in [3.05, 3.63) is 64.4 Å². The molecule has 1 heterocycles. The van der Waals surface area contributed by atoms with Crippen molar-refractivity contribution in [3.8, 4) is 0 Å². The molecule has 4 nitrogen and oxygen atoms in total. The van der Waals surface area contributed by atoms with Crippen LogP contribution in [-0.4, -0.2) is 21.2 Å². The Bertz CT molecular complexity index is 571. The molecule has 5 heteroatoms. The van der Waals surface area contributed by atoms with Crippen molar-refractivity contribution in [2.45, 2.75) is 12.0 Å². The van der Waals surface area contributed by atoms with Crippen molar-refractivity contribution >= 4 is 21.9 Å². The third kappa shape index (κ3) is 3.00. The number of aromatic nitrogens is 1. The smallest absolute Gasteiger partial charge is 0.307 e. The Hall–Kier alpha value is -1.72. The molecule has 0 amide bonds. The van der Waals surface area contributed by atoms with Crippen molar-refractivity contribution in [2.75, 3.05) is 0 Å². The summed E-state index contributed by atoms with van der Waals surface area (Å²) < 4.78 is 0.856. The van der Waals surface area contributed by atoms with Crippen molar-refractivity contribution in [3.63, 3.8) is 0 Å². The monoisotopic (exact) mass is 321 g/mol. The first-order chi connectivity index (χ1) is 9.02. The second-order valence-corrected chi connectivity index (χ2v) is 5.07. The number of hydrogen-bond donors (Lipinski definition) is 2. The van der Waals surface area contributed by atoms with Crippen LogP contribution in [0.5, 0.6) is 0 Å². The number of nitrogens with zero attached hydrogens (tertiary/aromatic N) is 1. The fourth-order valence-corrected chi connectivity index (χ4v) is 2.16. The molecule has 0 bridgehead atoms. The number of aliphatic hydroxyl groups is 1. The van der Waals surface area contributed by atoms with Gasteiger partial charge in [0.1, 0.15) is 5.60 Å². The summed E-state index contributed by atoms with van der Waals surface area (Å²) in [5.74, 6) is -1.09. The minimum absolute atomic E-state index is 0.319. The lowest BCUT2D eigenvalue weighted by Gasteiger charge is -2.26. The van der Waals surface area contributed by atoms with Crippen LogP contribution in [0.4, 0.5) is 0 Å². The fourth-order valence-electron chi connectivity index (χ4n) is 1.89. The van der Waals surface area contributed by atoms with E-state index in [1.165, 1.54) is 6.20 Å². The van der Waals surface area contributed by atoms with Crippen molar-refractivity contribution in [1.29, 1.82) is 0 Å². The summed E-state index contributed by atoms with van der Waals surface area (Å²) in [7, 11) is 0. The molecule has 0 spiro atoms. The van der Waals surface area contributed by atoms with Gasteiger partial charge in [0.05, 0.1) is 12.1 Å². The molecule has 0 aliphatic heterocycles.